The van der Waals surface area contributed by atoms with Crippen LogP contribution < -0.4 is 10.1 Å². The van der Waals surface area contributed by atoms with Crippen molar-refractivity contribution >= 4 is 35.1 Å². The lowest BCUT2D eigenvalue weighted by Crippen LogP contribution is -2.14. The first-order chi connectivity index (χ1) is 11.7. The van der Waals surface area contributed by atoms with Crippen molar-refractivity contribution in [3.63, 3.8) is 0 Å². The van der Waals surface area contributed by atoms with E-state index in [0.717, 1.165) is 11.8 Å². The lowest BCUT2D eigenvalue weighted by molar-refractivity contribution is -0.113. The van der Waals surface area contributed by atoms with Gasteiger partial charge in [0, 0.05) is 6.07 Å². The van der Waals surface area contributed by atoms with Crippen molar-refractivity contribution in [3.8, 4) is 5.75 Å². The smallest absolute Gasteiger partial charge is 0.277 e. The molecule has 0 bridgehead atoms. The minimum absolute atomic E-state index is 0.0857. The molecule has 0 saturated heterocycles. The van der Waals surface area contributed by atoms with Crippen LogP contribution in [0.15, 0.2) is 50.8 Å². The molecular formula is C14H11ClN4O4S. The standard InChI is InChI=1S/C14H11ClN4O4S/c15-9-3-1-2-4-10(9)21-7-13-17-18-14(23-13)24-8-12(20)16-11-5-6-22-19-11/h1-6H,7-8H2,(H,16,19,20). The van der Waals surface area contributed by atoms with Crippen LogP contribution in [0.1, 0.15) is 5.89 Å². The Morgan fingerprint density at radius 1 is 1.29 bits per heavy atom. The Morgan fingerprint density at radius 2 is 2.17 bits per heavy atom. The zero-order valence-corrected chi connectivity index (χ0v) is 13.7. The molecule has 1 aromatic carbocycles. The maximum absolute atomic E-state index is 11.7. The molecule has 0 fully saturated rings. The number of benzene rings is 1. The van der Waals surface area contributed by atoms with Gasteiger partial charge in [0.15, 0.2) is 12.4 Å². The second-order valence-corrected chi connectivity index (χ2v) is 5.74. The molecule has 2 heterocycles. The van der Waals surface area contributed by atoms with Gasteiger partial charge in [-0.2, -0.15) is 0 Å². The summed E-state index contributed by atoms with van der Waals surface area (Å²) >= 11 is 7.09. The van der Waals surface area contributed by atoms with Crippen molar-refractivity contribution in [2.45, 2.75) is 11.8 Å². The van der Waals surface area contributed by atoms with Crippen molar-refractivity contribution in [3.05, 3.63) is 47.5 Å². The number of thioether (sulfide) groups is 1. The topological polar surface area (TPSA) is 103 Å². The first-order valence-electron chi connectivity index (χ1n) is 6.73. The van der Waals surface area contributed by atoms with E-state index < -0.39 is 0 Å². The van der Waals surface area contributed by atoms with E-state index in [9.17, 15) is 4.79 Å². The van der Waals surface area contributed by atoms with Crippen LogP contribution in [0.4, 0.5) is 5.82 Å². The normalized spacial score (nSPS) is 10.5. The molecule has 3 aromatic rings. The Balaban J connectivity index is 1.47. The first kappa shape index (κ1) is 16.3. The van der Waals surface area contributed by atoms with Gasteiger partial charge in [0.2, 0.25) is 5.91 Å². The number of amides is 1. The predicted molar refractivity (Wildman–Crippen MR) is 85.9 cm³/mol. The maximum Gasteiger partial charge on any atom is 0.277 e. The molecule has 3 rings (SSSR count). The van der Waals surface area contributed by atoms with Crippen molar-refractivity contribution in [2.75, 3.05) is 11.1 Å². The molecule has 1 N–H and O–H groups in total. The van der Waals surface area contributed by atoms with E-state index in [-0.39, 0.29) is 29.4 Å². The van der Waals surface area contributed by atoms with Crippen LogP contribution in [0.25, 0.3) is 0 Å². The second kappa shape index (κ2) is 7.84. The summed E-state index contributed by atoms with van der Waals surface area (Å²) in [6.45, 7) is 0.0857. The van der Waals surface area contributed by atoms with Crippen LogP contribution in [0, 0.1) is 0 Å². The molecule has 0 aliphatic rings. The van der Waals surface area contributed by atoms with Gasteiger partial charge < -0.3 is 19.0 Å². The molecular weight excluding hydrogens is 356 g/mol. The summed E-state index contributed by atoms with van der Waals surface area (Å²) in [6, 6.07) is 8.62. The number of hydrogen-bond acceptors (Lipinski definition) is 8. The van der Waals surface area contributed by atoms with Crippen LogP contribution in [-0.4, -0.2) is 27.0 Å². The van der Waals surface area contributed by atoms with Gasteiger partial charge in [-0.25, -0.2) is 0 Å². The Kier molecular flexibility index (Phi) is 5.34. The van der Waals surface area contributed by atoms with E-state index in [2.05, 4.69) is 25.2 Å². The van der Waals surface area contributed by atoms with Gasteiger partial charge in [0.05, 0.1) is 10.8 Å². The van der Waals surface area contributed by atoms with Crippen LogP contribution in [0.5, 0.6) is 5.75 Å². The number of anilines is 1. The molecule has 0 aliphatic carbocycles. The lowest BCUT2D eigenvalue weighted by atomic mass is 10.3. The largest absolute Gasteiger partial charge is 0.482 e. The first-order valence-corrected chi connectivity index (χ1v) is 8.10. The van der Waals surface area contributed by atoms with Gasteiger partial charge in [0.1, 0.15) is 12.0 Å². The highest BCUT2D eigenvalue weighted by atomic mass is 35.5. The van der Waals surface area contributed by atoms with Crippen LogP contribution in [0.3, 0.4) is 0 Å². The summed E-state index contributed by atoms with van der Waals surface area (Å²) in [7, 11) is 0. The number of nitrogens with zero attached hydrogens (tertiary/aromatic N) is 3. The van der Waals surface area contributed by atoms with E-state index >= 15 is 0 Å². The number of carbonyl (C=O) groups excluding carboxylic acids is 1. The average molecular weight is 367 g/mol. The van der Waals surface area contributed by atoms with Crippen LogP contribution in [-0.2, 0) is 11.4 Å². The highest BCUT2D eigenvalue weighted by Crippen LogP contribution is 2.24. The third-order valence-corrected chi connectivity index (χ3v) is 3.80. The Labute approximate surface area is 145 Å². The Morgan fingerprint density at radius 3 is 2.96 bits per heavy atom. The quantitative estimate of drug-likeness (QED) is 0.636. The molecule has 0 saturated carbocycles. The minimum atomic E-state index is -0.263. The molecule has 10 heteroatoms. The average Bonchev–Trinajstić information content (AvgIpc) is 3.24. The summed E-state index contributed by atoms with van der Waals surface area (Å²) in [6.07, 6.45) is 1.37. The fourth-order valence-corrected chi connectivity index (χ4v) is 2.41. The summed E-state index contributed by atoms with van der Waals surface area (Å²) in [5, 5.41) is 14.6. The number of ether oxygens (including phenoxy) is 1. The predicted octanol–water partition coefficient (Wildman–Crippen LogP) is 3.02. The maximum atomic E-state index is 11.7. The van der Waals surface area contributed by atoms with Gasteiger partial charge in [-0.1, -0.05) is 40.7 Å². The zero-order chi connectivity index (χ0) is 16.8. The number of hydrogen-bond donors (Lipinski definition) is 1. The van der Waals surface area contributed by atoms with Crippen LogP contribution >= 0.6 is 23.4 Å². The molecule has 0 atom stereocenters. The molecule has 124 valence electrons. The third kappa shape index (κ3) is 4.49. The number of carbonyl (C=O) groups is 1. The lowest BCUT2D eigenvalue weighted by Gasteiger charge is -2.04. The van der Waals surface area contributed by atoms with Gasteiger partial charge in [0.25, 0.3) is 11.1 Å². The monoisotopic (exact) mass is 366 g/mol. The Bertz CT molecular complexity index is 809. The van der Waals surface area contributed by atoms with Gasteiger partial charge >= 0.3 is 0 Å². The van der Waals surface area contributed by atoms with E-state index in [1.165, 1.54) is 6.26 Å². The highest BCUT2D eigenvalue weighted by Gasteiger charge is 2.11. The molecule has 24 heavy (non-hydrogen) atoms. The zero-order valence-electron chi connectivity index (χ0n) is 12.1. The Hall–Kier alpha value is -2.52. The molecule has 0 unspecified atom stereocenters. The van der Waals surface area contributed by atoms with E-state index in [0.29, 0.717) is 16.6 Å². The fourth-order valence-electron chi connectivity index (χ4n) is 1.64. The summed E-state index contributed by atoms with van der Waals surface area (Å²) in [4.78, 5) is 11.7. The van der Waals surface area contributed by atoms with E-state index in [4.69, 9.17) is 20.8 Å². The third-order valence-electron chi connectivity index (χ3n) is 2.67. The van der Waals surface area contributed by atoms with Crippen LogP contribution in [0.2, 0.25) is 5.02 Å². The molecule has 2 aromatic heterocycles. The highest BCUT2D eigenvalue weighted by molar-refractivity contribution is 7.99. The molecule has 0 aliphatic heterocycles. The van der Waals surface area contributed by atoms with Gasteiger partial charge in [-0.15, -0.1) is 10.2 Å². The molecule has 1 amide bonds. The summed E-state index contributed by atoms with van der Waals surface area (Å²) in [5.41, 5.74) is 0. The number of para-hydroxylation sites is 1. The number of aromatic nitrogens is 3. The number of nitrogens with one attached hydrogen (secondary N) is 1. The van der Waals surface area contributed by atoms with Crippen molar-refractivity contribution in [1.29, 1.82) is 0 Å². The number of rotatable bonds is 7. The van der Waals surface area contributed by atoms with Crippen molar-refractivity contribution in [1.82, 2.24) is 15.4 Å². The molecule has 0 radical (unpaired) electrons. The molecule has 8 nitrogen and oxygen atoms in total. The minimum Gasteiger partial charge on any atom is -0.482 e. The van der Waals surface area contributed by atoms with Gasteiger partial charge in [-0.05, 0) is 12.1 Å². The number of halogens is 1. The SMILES string of the molecule is O=C(CSc1nnc(COc2ccccc2Cl)o1)Nc1ccon1. The second-order valence-electron chi connectivity index (χ2n) is 4.40. The fraction of sp³-hybridized carbons (Fsp3) is 0.143. The van der Waals surface area contributed by atoms with Gasteiger partial charge in [-0.3, -0.25) is 4.79 Å². The van der Waals surface area contributed by atoms with Crippen molar-refractivity contribution in [2.24, 2.45) is 0 Å². The van der Waals surface area contributed by atoms with E-state index in [1.807, 2.05) is 6.07 Å². The summed E-state index contributed by atoms with van der Waals surface area (Å²) < 4.78 is 15.5. The summed E-state index contributed by atoms with van der Waals surface area (Å²) in [5.74, 6) is 0.994. The van der Waals surface area contributed by atoms with E-state index in [1.54, 1.807) is 24.3 Å². The molecule has 0 spiro atoms. The van der Waals surface area contributed by atoms with Crippen molar-refractivity contribution < 1.29 is 18.5 Å².